The molecule has 18 heavy (non-hydrogen) atoms. The van der Waals surface area contributed by atoms with Crippen molar-refractivity contribution in [3.8, 4) is 5.75 Å². The van der Waals surface area contributed by atoms with Crippen molar-refractivity contribution in [2.24, 2.45) is 5.73 Å². The Labute approximate surface area is 108 Å². The fourth-order valence-corrected chi connectivity index (χ4v) is 1.64. The van der Waals surface area contributed by atoms with Crippen LogP contribution in [0.1, 0.15) is 11.6 Å². The summed E-state index contributed by atoms with van der Waals surface area (Å²) in [5, 5.41) is 3.15. The topological polar surface area (TPSA) is 67.6 Å². The number of nitrogens with zero attached hydrogens (tertiary/aromatic N) is 1. The van der Waals surface area contributed by atoms with E-state index in [1.54, 1.807) is 7.11 Å². The van der Waals surface area contributed by atoms with E-state index in [2.05, 4.69) is 5.32 Å². The van der Waals surface area contributed by atoms with Gasteiger partial charge >= 0.3 is 0 Å². The van der Waals surface area contributed by atoms with Crippen molar-refractivity contribution in [3.05, 3.63) is 29.8 Å². The number of likely N-dealkylation sites (N-methyl/N-ethyl adjacent to an activating group) is 1. The molecule has 0 saturated heterocycles. The maximum Gasteiger partial charge on any atom is 0.239 e. The Balaban J connectivity index is 2.74. The molecule has 5 heteroatoms. The number of carbonyl (C=O) groups is 1. The molecule has 0 saturated carbocycles. The highest BCUT2D eigenvalue weighted by Crippen LogP contribution is 2.18. The van der Waals surface area contributed by atoms with Crippen LogP contribution in [0.3, 0.4) is 0 Å². The van der Waals surface area contributed by atoms with Gasteiger partial charge in [0.2, 0.25) is 5.91 Å². The highest BCUT2D eigenvalue weighted by molar-refractivity contribution is 5.81. The molecule has 0 aromatic heterocycles. The monoisotopic (exact) mass is 251 g/mol. The lowest BCUT2D eigenvalue weighted by Crippen LogP contribution is -2.37. The largest absolute Gasteiger partial charge is 0.497 e. The first-order chi connectivity index (χ1) is 8.54. The number of hydrogen-bond acceptors (Lipinski definition) is 4. The molecule has 0 aliphatic rings. The molecule has 0 radical (unpaired) electrons. The second-order valence-electron chi connectivity index (χ2n) is 4.37. The van der Waals surface area contributed by atoms with Gasteiger partial charge in [0, 0.05) is 13.1 Å². The Morgan fingerprint density at radius 2 is 2.22 bits per heavy atom. The molecule has 5 nitrogen and oxygen atoms in total. The molecule has 1 rings (SSSR count). The SMILES string of the molecule is COc1cccc(C(NCCN(C)C)C(N)=O)c1. The van der Waals surface area contributed by atoms with Crippen LogP contribution >= 0.6 is 0 Å². The van der Waals surface area contributed by atoms with Crippen LogP contribution in [0, 0.1) is 0 Å². The zero-order valence-corrected chi connectivity index (χ0v) is 11.1. The molecule has 1 aromatic rings. The lowest BCUT2D eigenvalue weighted by molar-refractivity contribution is -0.120. The molecule has 0 heterocycles. The van der Waals surface area contributed by atoms with Gasteiger partial charge in [0.15, 0.2) is 0 Å². The number of methoxy groups -OCH3 is 1. The van der Waals surface area contributed by atoms with Crippen LogP contribution in [0.5, 0.6) is 5.75 Å². The lowest BCUT2D eigenvalue weighted by atomic mass is 10.1. The molecule has 3 N–H and O–H groups in total. The van der Waals surface area contributed by atoms with Crippen molar-refractivity contribution in [2.45, 2.75) is 6.04 Å². The summed E-state index contributed by atoms with van der Waals surface area (Å²) in [7, 11) is 5.55. The Hall–Kier alpha value is -1.59. The Kier molecular flexibility index (Phi) is 5.61. The van der Waals surface area contributed by atoms with Crippen molar-refractivity contribution in [1.29, 1.82) is 0 Å². The van der Waals surface area contributed by atoms with E-state index in [4.69, 9.17) is 10.5 Å². The van der Waals surface area contributed by atoms with E-state index in [1.807, 2.05) is 43.3 Å². The van der Waals surface area contributed by atoms with Crippen LogP contribution in [0.4, 0.5) is 0 Å². The number of ether oxygens (including phenoxy) is 1. The minimum absolute atomic E-state index is 0.387. The fraction of sp³-hybridized carbons (Fsp3) is 0.462. The highest BCUT2D eigenvalue weighted by Gasteiger charge is 2.17. The minimum atomic E-state index is -0.486. The summed E-state index contributed by atoms with van der Waals surface area (Å²) in [5.74, 6) is 0.329. The van der Waals surface area contributed by atoms with Crippen LogP contribution < -0.4 is 15.8 Å². The van der Waals surface area contributed by atoms with E-state index in [0.717, 1.165) is 12.1 Å². The molecule has 0 fully saturated rings. The number of hydrogen-bond donors (Lipinski definition) is 2. The van der Waals surface area contributed by atoms with E-state index in [1.165, 1.54) is 0 Å². The standard InChI is InChI=1S/C13H21N3O2/c1-16(2)8-7-15-12(13(14)17)10-5-4-6-11(9-10)18-3/h4-6,9,12,15H,7-8H2,1-3H3,(H2,14,17). The molecular formula is C13H21N3O2. The first kappa shape index (κ1) is 14.5. The molecule has 0 spiro atoms. The average molecular weight is 251 g/mol. The van der Waals surface area contributed by atoms with Crippen molar-refractivity contribution >= 4 is 5.91 Å². The summed E-state index contributed by atoms with van der Waals surface area (Å²) in [4.78, 5) is 13.5. The van der Waals surface area contributed by atoms with Crippen molar-refractivity contribution in [3.63, 3.8) is 0 Å². The van der Waals surface area contributed by atoms with Gasteiger partial charge in [0.1, 0.15) is 11.8 Å². The van der Waals surface area contributed by atoms with Gasteiger partial charge in [0.05, 0.1) is 7.11 Å². The first-order valence-electron chi connectivity index (χ1n) is 5.86. The number of nitrogens with one attached hydrogen (secondary N) is 1. The number of primary amides is 1. The van der Waals surface area contributed by atoms with Crippen LogP contribution in [0.2, 0.25) is 0 Å². The molecule has 1 atom stereocenters. The molecule has 0 aliphatic carbocycles. The maximum atomic E-state index is 11.5. The van der Waals surface area contributed by atoms with E-state index in [9.17, 15) is 4.79 Å². The molecular weight excluding hydrogens is 230 g/mol. The zero-order valence-electron chi connectivity index (χ0n) is 11.1. The van der Waals surface area contributed by atoms with Crippen molar-refractivity contribution in [1.82, 2.24) is 10.2 Å². The van der Waals surface area contributed by atoms with Crippen LogP contribution in [-0.4, -0.2) is 45.1 Å². The predicted molar refractivity (Wildman–Crippen MR) is 71.5 cm³/mol. The number of carbonyl (C=O) groups excluding carboxylic acids is 1. The number of benzene rings is 1. The first-order valence-corrected chi connectivity index (χ1v) is 5.86. The number of rotatable bonds is 7. The average Bonchev–Trinajstić information content (AvgIpc) is 2.34. The third-order valence-electron chi connectivity index (χ3n) is 2.62. The molecule has 100 valence electrons. The van der Waals surface area contributed by atoms with Gasteiger partial charge in [-0.25, -0.2) is 0 Å². The molecule has 0 aliphatic heterocycles. The molecule has 1 aromatic carbocycles. The van der Waals surface area contributed by atoms with E-state index >= 15 is 0 Å². The Morgan fingerprint density at radius 3 is 2.78 bits per heavy atom. The van der Waals surface area contributed by atoms with Gasteiger partial charge in [-0.3, -0.25) is 4.79 Å². The highest BCUT2D eigenvalue weighted by atomic mass is 16.5. The third kappa shape index (κ3) is 4.35. The van der Waals surface area contributed by atoms with Gasteiger partial charge in [0.25, 0.3) is 0 Å². The Bertz CT molecular complexity index is 394. The predicted octanol–water partition coefficient (Wildman–Crippen LogP) is 0.373. The summed E-state index contributed by atoms with van der Waals surface area (Å²) >= 11 is 0. The van der Waals surface area contributed by atoms with E-state index in [0.29, 0.717) is 12.3 Å². The second-order valence-corrected chi connectivity index (χ2v) is 4.37. The van der Waals surface area contributed by atoms with E-state index < -0.39 is 6.04 Å². The van der Waals surface area contributed by atoms with Gasteiger partial charge in [-0.05, 0) is 31.8 Å². The molecule has 1 amide bonds. The molecule has 1 unspecified atom stereocenters. The number of amides is 1. The smallest absolute Gasteiger partial charge is 0.239 e. The van der Waals surface area contributed by atoms with Crippen LogP contribution in [-0.2, 0) is 4.79 Å². The van der Waals surface area contributed by atoms with Crippen molar-refractivity contribution in [2.75, 3.05) is 34.3 Å². The van der Waals surface area contributed by atoms with Gasteiger partial charge in [-0.1, -0.05) is 12.1 Å². The zero-order chi connectivity index (χ0) is 13.5. The van der Waals surface area contributed by atoms with Gasteiger partial charge in [-0.15, -0.1) is 0 Å². The fourth-order valence-electron chi connectivity index (χ4n) is 1.64. The second kappa shape index (κ2) is 6.98. The quantitative estimate of drug-likeness (QED) is 0.735. The van der Waals surface area contributed by atoms with Crippen LogP contribution in [0.15, 0.2) is 24.3 Å². The number of nitrogens with two attached hydrogens (primary N) is 1. The summed E-state index contributed by atoms with van der Waals surface area (Å²) in [5.41, 5.74) is 6.24. The summed E-state index contributed by atoms with van der Waals surface area (Å²) in [6.07, 6.45) is 0. The van der Waals surface area contributed by atoms with Crippen molar-refractivity contribution < 1.29 is 9.53 Å². The van der Waals surface area contributed by atoms with Crippen LogP contribution in [0.25, 0.3) is 0 Å². The normalized spacial score (nSPS) is 12.4. The Morgan fingerprint density at radius 1 is 1.50 bits per heavy atom. The summed E-state index contributed by atoms with van der Waals surface area (Å²) < 4.78 is 5.14. The van der Waals surface area contributed by atoms with Gasteiger partial charge < -0.3 is 20.7 Å². The minimum Gasteiger partial charge on any atom is -0.497 e. The van der Waals surface area contributed by atoms with Gasteiger partial charge in [-0.2, -0.15) is 0 Å². The maximum absolute atomic E-state index is 11.5. The lowest BCUT2D eigenvalue weighted by Gasteiger charge is -2.18. The van der Waals surface area contributed by atoms with E-state index in [-0.39, 0.29) is 5.91 Å². The summed E-state index contributed by atoms with van der Waals surface area (Å²) in [6, 6.07) is 6.87. The molecule has 0 bridgehead atoms. The third-order valence-corrected chi connectivity index (χ3v) is 2.62. The summed E-state index contributed by atoms with van der Waals surface area (Å²) in [6.45, 7) is 1.53.